The molecule has 0 aliphatic heterocycles. The van der Waals surface area contributed by atoms with Crippen LogP contribution in [0.4, 0.5) is 8.78 Å². The summed E-state index contributed by atoms with van der Waals surface area (Å²) >= 11 is 0. The average Bonchev–Trinajstić information content (AvgIpc) is 2.16. The highest BCUT2D eigenvalue weighted by atomic mass is 28.4. The lowest BCUT2D eigenvalue weighted by Gasteiger charge is -2.70. The van der Waals surface area contributed by atoms with Crippen LogP contribution in [-0.2, 0) is 13.6 Å². The second kappa shape index (κ2) is 3.75. The lowest BCUT2D eigenvalue weighted by molar-refractivity contribution is -0.333. The quantitative estimate of drug-likeness (QED) is 0.748. The van der Waals surface area contributed by atoms with Crippen molar-refractivity contribution in [1.82, 2.24) is 0 Å². The molecule has 2 aliphatic rings. The minimum absolute atomic E-state index is 0.209. The summed E-state index contributed by atoms with van der Waals surface area (Å²) in [5.41, 5.74) is -3.07. The van der Waals surface area contributed by atoms with E-state index in [1.165, 1.54) is 0 Å². The number of ketones is 1. The number of carbonyl (C=O) groups excluding carboxylic acids is 1. The van der Waals surface area contributed by atoms with Crippen molar-refractivity contribution in [3.05, 3.63) is 0 Å². The van der Waals surface area contributed by atoms with Crippen LogP contribution < -0.4 is 0 Å². The summed E-state index contributed by atoms with van der Waals surface area (Å²) in [5, 5.41) is 0. The maximum atomic E-state index is 14.1. The van der Waals surface area contributed by atoms with Crippen LogP contribution in [0.15, 0.2) is 0 Å². The van der Waals surface area contributed by atoms with Crippen LogP contribution in [-0.4, -0.2) is 39.5 Å². The molecule has 7 heteroatoms. The van der Waals surface area contributed by atoms with Crippen molar-refractivity contribution in [1.29, 1.82) is 0 Å². The van der Waals surface area contributed by atoms with Crippen LogP contribution in [0.5, 0.6) is 0 Å². The van der Waals surface area contributed by atoms with E-state index in [1.807, 2.05) is 39.3 Å². The Bertz CT molecular complexity index is 428. The molecule has 19 heavy (non-hydrogen) atoms. The van der Waals surface area contributed by atoms with Crippen LogP contribution >= 0.6 is 0 Å². The molecule has 110 valence electrons. The average molecular weight is 308 g/mol. The van der Waals surface area contributed by atoms with Gasteiger partial charge in [0, 0.05) is 0 Å². The molecule has 3 nitrogen and oxygen atoms in total. The number of hydrogen-bond acceptors (Lipinski definition) is 3. The summed E-state index contributed by atoms with van der Waals surface area (Å²) in [6.45, 7) is 11.3. The van der Waals surface area contributed by atoms with Crippen molar-refractivity contribution in [2.45, 2.75) is 69.2 Å². The molecule has 0 heterocycles. The molecule has 0 N–H and O–H groups in total. The van der Waals surface area contributed by atoms with Crippen molar-refractivity contribution < 1.29 is 22.4 Å². The van der Waals surface area contributed by atoms with Gasteiger partial charge in [-0.1, -0.05) is 0 Å². The highest BCUT2D eigenvalue weighted by Crippen LogP contribution is 2.67. The molecule has 0 aromatic heterocycles. The predicted molar refractivity (Wildman–Crippen MR) is 73.5 cm³/mol. The third-order valence-electron chi connectivity index (χ3n) is 3.60. The molecule has 0 aromatic carbocycles. The maximum absolute atomic E-state index is 14.1. The molecule has 2 atom stereocenters. The van der Waals surface area contributed by atoms with Crippen molar-refractivity contribution >= 4 is 22.4 Å². The molecular formula is C12H22F2O3Si2. The number of Topliss-reactive ketones (excluding diaryl/α,β-unsaturated/α-hetero) is 1. The number of hydrogen-bond donors (Lipinski definition) is 0. The van der Waals surface area contributed by atoms with Crippen molar-refractivity contribution in [3.8, 4) is 0 Å². The van der Waals surface area contributed by atoms with Gasteiger partial charge in [-0.2, -0.15) is 8.78 Å². The lowest BCUT2D eigenvalue weighted by atomic mass is 9.48. The molecule has 2 rings (SSSR count). The highest BCUT2D eigenvalue weighted by Gasteiger charge is 2.91. The van der Waals surface area contributed by atoms with E-state index in [-0.39, 0.29) is 6.42 Å². The first-order chi connectivity index (χ1) is 8.28. The van der Waals surface area contributed by atoms with Gasteiger partial charge >= 0.3 is 5.92 Å². The van der Waals surface area contributed by atoms with Crippen LogP contribution in [0.2, 0.25) is 39.3 Å². The number of fused-ring (bicyclic) bond motifs is 1. The number of carbonyl (C=O) groups is 1. The van der Waals surface area contributed by atoms with Gasteiger partial charge in [-0.25, -0.2) is 0 Å². The second-order valence-corrected chi connectivity index (χ2v) is 16.3. The normalized spacial score (nSPS) is 37.4. The molecule has 0 radical (unpaired) electrons. The van der Waals surface area contributed by atoms with E-state index in [0.717, 1.165) is 0 Å². The van der Waals surface area contributed by atoms with E-state index in [0.29, 0.717) is 6.42 Å². The molecule has 0 aromatic rings. The van der Waals surface area contributed by atoms with Gasteiger partial charge < -0.3 is 8.85 Å². The number of rotatable bonds is 4. The first-order valence-electron chi connectivity index (χ1n) is 6.61. The molecule has 0 spiro atoms. The van der Waals surface area contributed by atoms with Crippen LogP contribution in [0.25, 0.3) is 0 Å². The standard InChI is InChI=1S/C12H22F2O3Si2/c1-18(2,3)16-10-7-8-11(10,17-19(4,5)6)12(13,14)9(10)15/h7-8H2,1-6H3/t10-,11-/m0/s1. The second-order valence-electron chi connectivity index (χ2n) is 7.49. The summed E-state index contributed by atoms with van der Waals surface area (Å²) in [4.78, 5) is 11.9. The molecule has 0 saturated heterocycles. The van der Waals surface area contributed by atoms with Crippen LogP contribution in [0.1, 0.15) is 12.8 Å². The smallest absolute Gasteiger partial charge is 0.338 e. The zero-order chi connectivity index (χ0) is 14.9. The highest BCUT2D eigenvalue weighted by molar-refractivity contribution is 6.70. The molecule has 0 amide bonds. The molecule has 2 aliphatic carbocycles. The van der Waals surface area contributed by atoms with Gasteiger partial charge in [0.1, 0.15) is 0 Å². The minimum atomic E-state index is -3.40. The van der Waals surface area contributed by atoms with E-state index in [4.69, 9.17) is 8.85 Å². The lowest BCUT2D eigenvalue weighted by Crippen LogP contribution is -2.92. The van der Waals surface area contributed by atoms with E-state index >= 15 is 0 Å². The van der Waals surface area contributed by atoms with E-state index in [2.05, 4.69) is 0 Å². The van der Waals surface area contributed by atoms with Gasteiger partial charge in [0.2, 0.25) is 5.78 Å². The Kier molecular flexibility index (Phi) is 3.01. The minimum Gasteiger partial charge on any atom is -0.403 e. The Hall–Kier alpha value is -0.116. The molecule has 2 fully saturated rings. The molecular weight excluding hydrogens is 286 g/mol. The Balaban J connectivity index is 2.37. The molecule has 2 saturated carbocycles. The summed E-state index contributed by atoms with van der Waals surface area (Å²) in [7, 11) is -4.29. The fourth-order valence-corrected chi connectivity index (χ4v) is 5.93. The van der Waals surface area contributed by atoms with Gasteiger partial charge in [0.15, 0.2) is 27.8 Å². The Morgan fingerprint density at radius 3 is 1.74 bits per heavy atom. The first kappa shape index (κ1) is 15.3. The van der Waals surface area contributed by atoms with E-state index < -0.39 is 39.5 Å². The third-order valence-corrected chi connectivity index (χ3v) is 5.52. The zero-order valence-electron chi connectivity index (χ0n) is 12.4. The Labute approximate surface area is 114 Å². The molecule has 0 bridgehead atoms. The van der Waals surface area contributed by atoms with Gasteiger partial charge in [-0.15, -0.1) is 0 Å². The van der Waals surface area contributed by atoms with Crippen LogP contribution in [0.3, 0.4) is 0 Å². The van der Waals surface area contributed by atoms with Gasteiger partial charge in [-0.05, 0) is 52.1 Å². The van der Waals surface area contributed by atoms with Crippen molar-refractivity contribution in [2.75, 3.05) is 0 Å². The fourth-order valence-electron chi connectivity index (χ4n) is 3.08. The fraction of sp³-hybridized carbons (Fsp3) is 0.917. The largest absolute Gasteiger partial charge is 0.403 e. The van der Waals surface area contributed by atoms with Crippen molar-refractivity contribution in [3.63, 3.8) is 0 Å². The Morgan fingerprint density at radius 1 is 0.947 bits per heavy atom. The van der Waals surface area contributed by atoms with Crippen molar-refractivity contribution in [2.24, 2.45) is 0 Å². The Morgan fingerprint density at radius 2 is 1.42 bits per heavy atom. The summed E-state index contributed by atoms with van der Waals surface area (Å²) < 4.78 is 39.9. The first-order valence-corrected chi connectivity index (χ1v) is 13.4. The van der Waals surface area contributed by atoms with E-state index in [1.54, 1.807) is 0 Å². The maximum Gasteiger partial charge on any atom is 0.338 e. The summed E-state index contributed by atoms with van der Waals surface area (Å²) in [6.07, 6.45) is 0.566. The van der Waals surface area contributed by atoms with E-state index in [9.17, 15) is 13.6 Å². The monoisotopic (exact) mass is 308 g/mol. The number of alkyl halides is 2. The van der Waals surface area contributed by atoms with Crippen LogP contribution in [0, 0.1) is 0 Å². The van der Waals surface area contributed by atoms with Gasteiger partial charge in [-0.3, -0.25) is 4.79 Å². The van der Waals surface area contributed by atoms with Gasteiger partial charge in [0.25, 0.3) is 0 Å². The zero-order valence-corrected chi connectivity index (χ0v) is 14.4. The van der Waals surface area contributed by atoms with Gasteiger partial charge in [0.05, 0.1) is 0 Å². The predicted octanol–water partition coefficient (Wildman–Crippen LogP) is 3.18. The topological polar surface area (TPSA) is 35.5 Å². The summed E-state index contributed by atoms with van der Waals surface area (Å²) in [5.74, 6) is -4.47. The molecule has 0 unspecified atom stereocenters. The third kappa shape index (κ3) is 1.89. The number of halogens is 2. The summed E-state index contributed by atoms with van der Waals surface area (Å²) in [6, 6.07) is 0. The SMILES string of the molecule is C[Si](C)(C)O[C@]12CC[C@@]1(O[Si](C)(C)C)C(F)(F)C2=O.